The van der Waals surface area contributed by atoms with Gasteiger partial charge in [-0.05, 0) is 68.8 Å². The summed E-state index contributed by atoms with van der Waals surface area (Å²) < 4.78 is 7.39. The fraction of sp³-hybridized carbons (Fsp3) is 0.407. The maximum Gasteiger partial charge on any atom is 0.0897 e. The van der Waals surface area contributed by atoms with E-state index in [-0.39, 0.29) is 12.1 Å². The lowest BCUT2D eigenvalue weighted by atomic mass is 9.80. The third-order valence-electron chi connectivity index (χ3n) is 7.23. The van der Waals surface area contributed by atoms with Gasteiger partial charge in [-0.25, -0.2) is 0 Å². The van der Waals surface area contributed by atoms with E-state index in [1.807, 2.05) is 0 Å². The standard InChI is InChI=1S/C27H28BrN3O/c28-19-7-9-24-21(16-19)23(17-29-24)26-20-10-14-32-27(20)22-15-18(6-8-25(22)30-26)5-4-13-31-11-2-1-3-12-31/h6-9,15-17,20,26-27,29-30H,1-3,10-14H2/t20-,26+,27-/m0/s1. The predicted octanol–water partition coefficient (Wildman–Crippen LogP) is 6.01. The molecule has 0 bridgehead atoms. The molecule has 0 saturated carbocycles. The topological polar surface area (TPSA) is 40.3 Å². The zero-order valence-electron chi connectivity index (χ0n) is 18.2. The van der Waals surface area contributed by atoms with Gasteiger partial charge in [0, 0.05) is 56.5 Å². The van der Waals surface area contributed by atoms with E-state index in [1.165, 1.54) is 60.1 Å². The minimum absolute atomic E-state index is 0.122. The van der Waals surface area contributed by atoms with Gasteiger partial charge in [-0.2, -0.15) is 0 Å². The molecule has 2 saturated heterocycles. The summed E-state index contributed by atoms with van der Waals surface area (Å²) in [6, 6.07) is 13.2. The number of aromatic nitrogens is 1. The second-order valence-corrected chi connectivity index (χ2v) is 10.2. The zero-order chi connectivity index (χ0) is 21.5. The molecule has 3 aliphatic heterocycles. The third kappa shape index (κ3) is 3.75. The lowest BCUT2D eigenvalue weighted by molar-refractivity contribution is 0.0830. The number of nitrogens with zero attached hydrogens (tertiary/aromatic N) is 1. The van der Waals surface area contributed by atoms with Gasteiger partial charge >= 0.3 is 0 Å². The Hall–Kier alpha value is -2.26. The maximum absolute atomic E-state index is 6.29. The number of ether oxygens (including phenoxy) is 1. The first kappa shape index (κ1) is 20.4. The van der Waals surface area contributed by atoms with Crippen LogP contribution in [0.2, 0.25) is 0 Å². The number of nitrogens with one attached hydrogen (secondary N) is 2. The summed E-state index contributed by atoms with van der Waals surface area (Å²) in [5.41, 5.74) is 6.01. The molecule has 2 fully saturated rings. The van der Waals surface area contributed by atoms with Gasteiger partial charge in [-0.3, -0.25) is 4.90 Å². The molecule has 4 nitrogen and oxygen atoms in total. The molecule has 164 valence electrons. The Balaban J connectivity index is 1.29. The Kier molecular flexibility index (Phi) is 5.46. The van der Waals surface area contributed by atoms with E-state index in [0.717, 1.165) is 29.6 Å². The second-order valence-electron chi connectivity index (χ2n) is 9.24. The molecule has 3 aromatic rings. The van der Waals surface area contributed by atoms with Crippen LogP contribution in [0.4, 0.5) is 5.69 Å². The summed E-state index contributed by atoms with van der Waals surface area (Å²) in [7, 11) is 0. The van der Waals surface area contributed by atoms with E-state index in [2.05, 4.69) is 85.6 Å². The minimum atomic E-state index is 0.122. The summed E-state index contributed by atoms with van der Waals surface area (Å²) in [5.74, 6) is 7.22. The summed E-state index contributed by atoms with van der Waals surface area (Å²) >= 11 is 3.64. The first-order chi connectivity index (χ1) is 15.8. The number of likely N-dealkylation sites (tertiary alicyclic amines) is 1. The predicted molar refractivity (Wildman–Crippen MR) is 133 cm³/mol. The van der Waals surface area contributed by atoms with Gasteiger partial charge in [0.05, 0.1) is 18.7 Å². The number of halogens is 1. The van der Waals surface area contributed by atoms with Crippen LogP contribution in [0, 0.1) is 17.8 Å². The van der Waals surface area contributed by atoms with E-state index < -0.39 is 0 Å². The van der Waals surface area contributed by atoms with Gasteiger partial charge in [-0.15, -0.1) is 0 Å². The van der Waals surface area contributed by atoms with Crippen LogP contribution in [0.1, 0.15) is 54.5 Å². The van der Waals surface area contributed by atoms with Gasteiger partial charge in [-0.1, -0.05) is 34.2 Å². The Bertz CT molecular complexity index is 1200. The highest BCUT2D eigenvalue weighted by atomic mass is 79.9. The lowest BCUT2D eigenvalue weighted by Crippen LogP contribution is -2.29. The number of aromatic amines is 1. The van der Waals surface area contributed by atoms with Crippen molar-refractivity contribution in [2.45, 2.75) is 37.8 Å². The van der Waals surface area contributed by atoms with Crippen LogP contribution in [0.3, 0.4) is 0 Å². The number of H-pyrrole nitrogens is 1. The Morgan fingerprint density at radius 1 is 1.06 bits per heavy atom. The molecule has 0 amide bonds. The maximum atomic E-state index is 6.29. The molecule has 5 heteroatoms. The highest BCUT2D eigenvalue weighted by Crippen LogP contribution is 2.51. The number of fused-ring (bicyclic) bond motifs is 4. The molecule has 0 aliphatic carbocycles. The summed E-state index contributed by atoms with van der Waals surface area (Å²) in [6.07, 6.45) is 7.32. The average Bonchev–Trinajstić information content (AvgIpc) is 3.47. The van der Waals surface area contributed by atoms with E-state index in [0.29, 0.717) is 5.92 Å². The quantitative estimate of drug-likeness (QED) is 0.432. The summed E-state index contributed by atoms with van der Waals surface area (Å²) in [5, 5.41) is 5.12. The second kappa shape index (κ2) is 8.59. The fourth-order valence-electron chi connectivity index (χ4n) is 5.60. The molecule has 1 aromatic heterocycles. The highest BCUT2D eigenvalue weighted by molar-refractivity contribution is 9.10. The van der Waals surface area contributed by atoms with Crippen molar-refractivity contribution in [3.8, 4) is 11.8 Å². The molecule has 0 unspecified atom stereocenters. The molecular formula is C27H28BrN3O. The molecule has 0 spiro atoms. The van der Waals surface area contributed by atoms with Gasteiger partial charge in [0.2, 0.25) is 0 Å². The molecule has 3 atom stereocenters. The minimum Gasteiger partial charge on any atom is -0.377 e. The highest BCUT2D eigenvalue weighted by Gasteiger charge is 2.42. The monoisotopic (exact) mass is 489 g/mol. The van der Waals surface area contributed by atoms with E-state index in [4.69, 9.17) is 4.74 Å². The molecule has 32 heavy (non-hydrogen) atoms. The smallest absolute Gasteiger partial charge is 0.0897 e. The Morgan fingerprint density at radius 2 is 1.97 bits per heavy atom. The van der Waals surface area contributed by atoms with Crippen LogP contribution in [0.15, 0.2) is 47.1 Å². The van der Waals surface area contributed by atoms with Gasteiger partial charge in [0.25, 0.3) is 0 Å². The molecule has 4 heterocycles. The van der Waals surface area contributed by atoms with Crippen LogP contribution in [0.25, 0.3) is 10.9 Å². The van der Waals surface area contributed by atoms with Gasteiger partial charge < -0.3 is 15.0 Å². The van der Waals surface area contributed by atoms with Crippen molar-refractivity contribution in [2.24, 2.45) is 5.92 Å². The largest absolute Gasteiger partial charge is 0.377 e. The number of hydrogen-bond acceptors (Lipinski definition) is 3. The van der Waals surface area contributed by atoms with Crippen molar-refractivity contribution in [3.63, 3.8) is 0 Å². The number of benzene rings is 2. The van der Waals surface area contributed by atoms with Crippen molar-refractivity contribution < 1.29 is 4.74 Å². The van der Waals surface area contributed by atoms with Crippen LogP contribution < -0.4 is 5.32 Å². The van der Waals surface area contributed by atoms with Crippen LogP contribution in [-0.2, 0) is 4.74 Å². The van der Waals surface area contributed by atoms with Crippen LogP contribution >= 0.6 is 15.9 Å². The number of hydrogen-bond donors (Lipinski definition) is 2. The normalized spacial score (nSPS) is 25.0. The average molecular weight is 490 g/mol. The molecule has 2 aromatic carbocycles. The number of anilines is 1. The molecule has 2 N–H and O–H groups in total. The number of rotatable bonds is 2. The summed E-state index contributed by atoms with van der Waals surface area (Å²) in [6.45, 7) is 4.05. The first-order valence-corrected chi connectivity index (χ1v) is 12.6. The van der Waals surface area contributed by atoms with E-state index in [9.17, 15) is 0 Å². The lowest BCUT2D eigenvalue weighted by Gasteiger charge is -2.36. The molecule has 0 radical (unpaired) electrons. The van der Waals surface area contributed by atoms with Crippen molar-refractivity contribution in [1.29, 1.82) is 0 Å². The van der Waals surface area contributed by atoms with E-state index in [1.54, 1.807) is 0 Å². The van der Waals surface area contributed by atoms with Gasteiger partial charge in [0.1, 0.15) is 0 Å². The summed E-state index contributed by atoms with van der Waals surface area (Å²) in [4.78, 5) is 5.92. The van der Waals surface area contributed by atoms with Crippen LogP contribution in [-0.4, -0.2) is 36.1 Å². The Labute approximate surface area is 197 Å². The Morgan fingerprint density at radius 3 is 2.88 bits per heavy atom. The van der Waals surface area contributed by atoms with Crippen molar-refractivity contribution in [3.05, 3.63) is 63.8 Å². The van der Waals surface area contributed by atoms with E-state index >= 15 is 0 Å². The zero-order valence-corrected chi connectivity index (χ0v) is 19.7. The third-order valence-corrected chi connectivity index (χ3v) is 7.72. The van der Waals surface area contributed by atoms with Gasteiger partial charge in [0.15, 0.2) is 0 Å². The first-order valence-electron chi connectivity index (χ1n) is 11.8. The SMILES string of the molecule is Brc1ccc2[nH]cc([C@@H]3Nc4ccc(C#CCN5CCCCC5)cc4[C@H]4OCC[C@H]43)c2c1. The molecule has 6 rings (SSSR count). The number of piperidine rings is 1. The fourth-order valence-corrected chi connectivity index (χ4v) is 5.96. The molecular weight excluding hydrogens is 462 g/mol. The molecule has 3 aliphatic rings. The van der Waals surface area contributed by atoms with Crippen molar-refractivity contribution >= 4 is 32.5 Å². The van der Waals surface area contributed by atoms with Crippen molar-refractivity contribution in [2.75, 3.05) is 31.6 Å². The van der Waals surface area contributed by atoms with Crippen LogP contribution in [0.5, 0.6) is 0 Å². The van der Waals surface area contributed by atoms with Crippen molar-refractivity contribution in [1.82, 2.24) is 9.88 Å².